The molecule has 0 aromatic rings. The molecule has 2 rings (SSSR count). The van der Waals surface area contributed by atoms with Crippen molar-refractivity contribution in [2.45, 2.75) is 32.8 Å². The van der Waals surface area contributed by atoms with Crippen molar-refractivity contribution >= 4 is 0 Å². The summed E-state index contributed by atoms with van der Waals surface area (Å²) in [7, 11) is 0. The minimum atomic E-state index is 0.343. The lowest BCUT2D eigenvalue weighted by Gasteiger charge is -2.35. The first kappa shape index (κ1) is 14.3. The highest BCUT2D eigenvalue weighted by molar-refractivity contribution is 4.80. The highest BCUT2D eigenvalue weighted by atomic mass is 16.5. The van der Waals surface area contributed by atoms with E-state index in [1.807, 2.05) is 0 Å². The molecule has 4 heteroatoms. The van der Waals surface area contributed by atoms with E-state index in [1.54, 1.807) is 0 Å². The van der Waals surface area contributed by atoms with Crippen LogP contribution in [0.5, 0.6) is 0 Å². The topological polar surface area (TPSA) is 36.5 Å². The minimum Gasteiger partial charge on any atom is -0.377 e. The molecule has 0 aromatic carbocycles. The van der Waals surface area contributed by atoms with Gasteiger partial charge >= 0.3 is 0 Å². The number of nitrogens with one attached hydrogen (secondary N) is 2. The molecule has 2 aliphatic rings. The van der Waals surface area contributed by atoms with Gasteiger partial charge in [0.05, 0.1) is 6.10 Å². The van der Waals surface area contributed by atoms with E-state index in [0.717, 1.165) is 32.8 Å². The van der Waals surface area contributed by atoms with E-state index in [-0.39, 0.29) is 0 Å². The van der Waals surface area contributed by atoms with Crippen molar-refractivity contribution in [2.24, 2.45) is 5.41 Å². The number of nitrogens with zero attached hydrogens (tertiary/aromatic N) is 1. The summed E-state index contributed by atoms with van der Waals surface area (Å²) in [6.45, 7) is 13.6. The van der Waals surface area contributed by atoms with Gasteiger partial charge in [-0.25, -0.2) is 0 Å². The third-order valence-electron chi connectivity index (χ3n) is 3.86. The quantitative estimate of drug-likeness (QED) is 0.732. The molecule has 0 amide bonds. The fraction of sp³-hybridized carbons (Fsp3) is 1.00. The third kappa shape index (κ3) is 4.84. The molecule has 2 heterocycles. The number of rotatable bonds is 6. The molecule has 0 spiro atoms. The van der Waals surface area contributed by atoms with Gasteiger partial charge in [-0.05, 0) is 18.3 Å². The summed E-state index contributed by atoms with van der Waals surface area (Å²) < 4.78 is 5.64. The van der Waals surface area contributed by atoms with Gasteiger partial charge in [0, 0.05) is 52.4 Å². The van der Waals surface area contributed by atoms with Crippen molar-refractivity contribution in [1.29, 1.82) is 0 Å². The molecule has 1 atom stereocenters. The first-order valence-corrected chi connectivity index (χ1v) is 7.41. The molecule has 1 unspecified atom stereocenters. The summed E-state index contributed by atoms with van der Waals surface area (Å²) in [5, 5.41) is 7.00. The largest absolute Gasteiger partial charge is 0.377 e. The molecule has 18 heavy (non-hydrogen) atoms. The van der Waals surface area contributed by atoms with Crippen LogP contribution < -0.4 is 10.6 Å². The van der Waals surface area contributed by atoms with Crippen LogP contribution in [0.1, 0.15) is 26.7 Å². The van der Waals surface area contributed by atoms with Crippen molar-refractivity contribution in [1.82, 2.24) is 15.5 Å². The van der Waals surface area contributed by atoms with E-state index in [0.29, 0.717) is 11.5 Å². The van der Waals surface area contributed by atoms with Crippen LogP contribution in [0.3, 0.4) is 0 Å². The maximum absolute atomic E-state index is 5.64. The van der Waals surface area contributed by atoms with Gasteiger partial charge in [-0.1, -0.05) is 13.8 Å². The molecule has 0 saturated carbocycles. The summed E-state index contributed by atoms with van der Waals surface area (Å²) in [5.74, 6) is 0. The van der Waals surface area contributed by atoms with Crippen LogP contribution in [0, 0.1) is 5.41 Å². The van der Waals surface area contributed by atoms with Crippen LogP contribution in [-0.4, -0.2) is 63.4 Å². The van der Waals surface area contributed by atoms with E-state index in [9.17, 15) is 0 Å². The molecule has 0 bridgehead atoms. The van der Waals surface area contributed by atoms with E-state index in [4.69, 9.17) is 4.74 Å². The van der Waals surface area contributed by atoms with Crippen molar-refractivity contribution in [2.75, 3.05) is 52.4 Å². The number of hydrogen-bond donors (Lipinski definition) is 2. The van der Waals surface area contributed by atoms with Gasteiger partial charge in [0.15, 0.2) is 0 Å². The second-order valence-electron chi connectivity index (χ2n) is 6.46. The minimum absolute atomic E-state index is 0.343. The molecule has 2 aliphatic heterocycles. The molecular weight excluding hydrogens is 226 g/mol. The zero-order valence-electron chi connectivity index (χ0n) is 12.0. The maximum Gasteiger partial charge on any atom is 0.0700 e. The standard InChI is InChI=1S/C14H29N3O/c1-14(2,12-17-7-5-15-6-8-17)11-16-10-13-4-3-9-18-13/h13,15-16H,3-12H2,1-2H3. The van der Waals surface area contributed by atoms with Gasteiger partial charge in [0.25, 0.3) is 0 Å². The Morgan fingerprint density at radius 1 is 1.33 bits per heavy atom. The Hall–Kier alpha value is -0.160. The van der Waals surface area contributed by atoms with Crippen molar-refractivity contribution in [3.8, 4) is 0 Å². The average molecular weight is 255 g/mol. The van der Waals surface area contributed by atoms with Gasteiger partial charge in [-0.3, -0.25) is 0 Å². The van der Waals surface area contributed by atoms with E-state index in [2.05, 4.69) is 29.4 Å². The molecule has 0 aliphatic carbocycles. The van der Waals surface area contributed by atoms with Crippen molar-refractivity contribution in [3.05, 3.63) is 0 Å². The fourth-order valence-corrected chi connectivity index (χ4v) is 2.91. The second kappa shape index (κ2) is 6.85. The zero-order chi connectivity index (χ0) is 12.8. The molecule has 0 aromatic heterocycles. The third-order valence-corrected chi connectivity index (χ3v) is 3.86. The molecule has 2 fully saturated rings. The first-order chi connectivity index (χ1) is 8.66. The first-order valence-electron chi connectivity index (χ1n) is 7.41. The summed E-state index contributed by atoms with van der Waals surface area (Å²) in [5.41, 5.74) is 0.343. The van der Waals surface area contributed by atoms with Crippen LogP contribution in [0.4, 0.5) is 0 Å². The van der Waals surface area contributed by atoms with E-state index < -0.39 is 0 Å². The second-order valence-corrected chi connectivity index (χ2v) is 6.46. The Morgan fingerprint density at radius 2 is 2.11 bits per heavy atom. The SMILES string of the molecule is CC(C)(CNCC1CCCO1)CN1CCNCC1. The summed E-state index contributed by atoms with van der Waals surface area (Å²) in [6.07, 6.45) is 2.92. The summed E-state index contributed by atoms with van der Waals surface area (Å²) in [6, 6.07) is 0. The van der Waals surface area contributed by atoms with Gasteiger partial charge in [0.1, 0.15) is 0 Å². The normalized spacial score (nSPS) is 26.7. The predicted molar refractivity (Wildman–Crippen MR) is 74.9 cm³/mol. The zero-order valence-corrected chi connectivity index (χ0v) is 12.0. The van der Waals surface area contributed by atoms with Crippen LogP contribution in [-0.2, 0) is 4.74 Å². The molecule has 4 nitrogen and oxygen atoms in total. The summed E-state index contributed by atoms with van der Waals surface area (Å²) in [4.78, 5) is 2.57. The number of ether oxygens (including phenoxy) is 1. The Labute approximate surface area is 111 Å². The van der Waals surface area contributed by atoms with Gasteiger partial charge < -0.3 is 20.3 Å². The lowest BCUT2D eigenvalue weighted by molar-refractivity contribution is 0.103. The lowest BCUT2D eigenvalue weighted by Crippen LogP contribution is -2.49. The highest BCUT2D eigenvalue weighted by Crippen LogP contribution is 2.17. The van der Waals surface area contributed by atoms with Gasteiger partial charge in [-0.15, -0.1) is 0 Å². The summed E-state index contributed by atoms with van der Waals surface area (Å²) >= 11 is 0. The number of hydrogen-bond acceptors (Lipinski definition) is 4. The maximum atomic E-state index is 5.64. The molecule has 106 valence electrons. The van der Waals surface area contributed by atoms with Gasteiger partial charge in [-0.2, -0.15) is 0 Å². The van der Waals surface area contributed by atoms with Crippen LogP contribution in [0.15, 0.2) is 0 Å². The van der Waals surface area contributed by atoms with Crippen LogP contribution in [0.2, 0.25) is 0 Å². The van der Waals surface area contributed by atoms with Gasteiger partial charge in [0.2, 0.25) is 0 Å². The smallest absolute Gasteiger partial charge is 0.0700 e. The Balaban J connectivity index is 1.62. The van der Waals surface area contributed by atoms with Crippen LogP contribution >= 0.6 is 0 Å². The predicted octanol–water partition coefficient (Wildman–Crippen LogP) is 0.686. The molecule has 2 saturated heterocycles. The Morgan fingerprint density at radius 3 is 2.78 bits per heavy atom. The number of piperazine rings is 1. The monoisotopic (exact) mass is 255 g/mol. The van der Waals surface area contributed by atoms with E-state index >= 15 is 0 Å². The fourth-order valence-electron chi connectivity index (χ4n) is 2.91. The average Bonchev–Trinajstić information content (AvgIpc) is 2.82. The van der Waals surface area contributed by atoms with E-state index in [1.165, 1.54) is 32.5 Å². The Kier molecular flexibility index (Phi) is 5.42. The van der Waals surface area contributed by atoms with Crippen LogP contribution in [0.25, 0.3) is 0 Å². The molecular formula is C14H29N3O. The van der Waals surface area contributed by atoms with Crippen molar-refractivity contribution < 1.29 is 4.74 Å². The lowest BCUT2D eigenvalue weighted by atomic mass is 9.92. The molecule has 2 N–H and O–H groups in total. The molecule has 0 radical (unpaired) electrons. The van der Waals surface area contributed by atoms with Crippen molar-refractivity contribution in [3.63, 3.8) is 0 Å². The highest BCUT2D eigenvalue weighted by Gasteiger charge is 2.23. The Bertz CT molecular complexity index is 233.